The molecule has 0 fully saturated rings. The second-order valence-electron chi connectivity index (χ2n) is 4.24. The molecule has 1 aromatic carbocycles. The maximum absolute atomic E-state index is 12.0. The van der Waals surface area contributed by atoms with Gasteiger partial charge in [0.1, 0.15) is 0 Å². The number of esters is 1. The topological polar surface area (TPSA) is 98.1 Å². The lowest BCUT2D eigenvalue weighted by Crippen LogP contribution is -2.10. The molecule has 2 rings (SSSR count). The number of H-pyrrole nitrogens is 1. The summed E-state index contributed by atoms with van der Waals surface area (Å²) in [6.07, 6.45) is 0. The van der Waals surface area contributed by atoms with Gasteiger partial charge in [-0.2, -0.15) is 0 Å². The van der Waals surface area contributed by atoms with Crippen LogP contribution in [0.3, 0.4) is 0 Å². The Kier molecular flexibility index (Phi) is 4.64. The summed E-state index contributed by atoms with van der Waals surface area (Å²) < 4.78 is 5.01. The largest absolute Gasteiger partial charge is 0.462 e. The number of anilines is 1. The van der Waals surface area contributed by atoms with Crippen LogP contribution in [0.5, 0.6) is 0 Å². The van der Waals surface area contributed by atoms with Gasteiger partial charge < -0.3 is 15.5 Å². The fraction of sp³-hybridized carbons (Fsp3) is 0.214. The molecule has 0 bridgehead atoms. The second kappa shape index (κ2) is 6.45. The van der Waals surface area contributed by atoms with Gasteiger partial charge in [-0.25, -0.2) is 9.78 Å². The highest BCUT2D eigenvalue weighted by Crippen LogP contribution is 2.33. The molecule has 1 aromatic heterocycles. The summed E-state index contributed by atoms with van der Waals surface area (Å²) in [5.74, 6) is -0.456. The zero-order valence-electron chi connectivity index (χ0n) is 11.7. The number of nitrogen functional groups attached to an aromatic ring is 1. The summed E-state index contributed by atoms with van der Waals surface area (Å²) in [7, 11) is 0. The Morgan fingerprint density at radius 2 is 2.24 bits per heavy atom. The summed E-state index contributed by atoms with van der Waals surface area (Å²) in [5, 5.41) is 0.378. The van der Waals surface area contributed by atoms with E-state index in [-0.39, 0.29) is 12.2 Å². The number of nitrogens with two attached hydrogens (primary N) is 1. The number of hydrogen-bond acceptors (Lipinski definition) is 6. The maximum atomic E-state index is 12.0. The van der Waals surface area contributed by atoms with E-state index in [1.54, 1.807) is 32.0 Å². The first-order chi connectivity index (χ1) is 10.0. The molecule has 3 N–H and O–H groups in total. The molecule has 110 valence electrons. The van der Waals surface area contributed by atoms with Crippen LogP contribution in [-0.2, 0) is 4.74 Å². The Balaban J connectivity index is 2.43. The Morgan fingerprint density at radius 3 is 2.90 bits per heavy atom. The molecule has 7 heteroatoms. The van der Waals surface area contributed by atoms with Crippen LogP contribution in [-0.4, -0.2) is 22.5 Å². The molecule has 0 unspecified atom stereocenters. The van der Waals surface area contributed by atoms with Crippen molar-refractivity contribution in [1.82, 2.24) is 9.97 Å². The number of nitrogens with zero attached hydrogens (tertiary/aromatic N) is 1. The van der Waals surface area contributed by atoms with E-state index in [0.717, 1.165) is 11.8 Å². The van der Waals surface area contributed by atoms with Gasteiger partial charge in [0.25, 0.3) is 5.56 Å². The molecule has 0 saturated heterocycles. The lowest BCUT2D eigenvalue weighted by molar-refractivity contribution is 0.0522. The zero-order valence-corrected chi connectivity index (χ0v) is 12.5. The average Bonchev–Trinajstić information content (AvgIpc) is 2.40. The van der Waals surface area contributed by atoms with E-state index in [0.29, 0.717) is 27.0 Å². The summed E-state index contributed by atoms with van der Waals surface area (Å²) in [4.78, 5) is 30.8. The van der Waals surface area contributed by atoms with Crippen molar-refractivity contribution in [1.29, 1.82) is 0 Å². The number of carbonyl (C=O) groups excluding carboxylic acids is 1. The van der Waals surface area contributed by atoms with Crippen molar-refractivity contribution < 1.29 is 9.53 Å². The van der Waals surface area contributed by atoms with Gasteiger partial charge in [-0.1, -0.05) is 6.07 Å². The summed E-state index contributed by atoms with van der Waals surface area (Å²) >= 11 is 1.13. The van der Waals surface area contributed by atoms with Gasteiger partial charge in [-0.3, -0.25) is 4.79 Å². The van der Waals surface area contributed by atoms with Crippen molar-refractivity contribution in [2.45, 2.75) is 23.9 Å². The van der Waals surface area contributed by atoms with Crippen LogP contribution in [0.25, 0.3) is 0 Å². The van der Waals surface area contributed by atoms with Crippen molar-refractivity contribution in [2.24, 2.45) is 0 Å². The van der Waals surface area contributed by atoms with E-state index in [9.17, 15) is 9.59 Å². The molecular weight excluding hydrogens is 290 g/mol. The van der Waals surface area contributed by atoms with Gasteiger partial charge in [-0.15, -0.1) is 0 Å². The minimum Gasteiger partial charge on any atom is -0.462 e. The van der Waals surface area contributed by atoms with Crippen LogP contribution >= 0.6 is 11.8 Å². The van der Waals surface area contributed by atoms with Gasteiger partial charge in [0, 0.05) is 17.4 Å². The summed E-state index contributed by atoms with van der Waals surface area (Å²) in [5.41, 5.74) is 7.05. The van der Waals surface area contributed by atoms with Crippen molar-refractivity contribution in [3.8, 4) is 0 Å². The number of carbonyl (C=O) groups is 1. The molecule has 0 atom stereocenters. The fourth-order valence-electron chi connectivity index (χ4n) is 1.73. The van der Waals surface area contributed by atoms with Gasteiger partial charge in [0.2, 0.25) is 0 Å². The molecule has 21 heavy (non-hydrogen) atoms. The molecule has 2 aromatic rings. The third-order valence-corrected chi connectivity index (χ3v) is 3.63. The molecule has 0 saturated carbocycles. The molecule has 0 aliphatic rings. The Bertz CT molecular complexity index is 728. The number of aromatic amines is 1. The Labute approximate surface area is 125 Å². The molecular formula is C14H15N3O3S. The number of hydrogen-bond donors (Lipinski definition) is 2. The first kappa shape index (κ1) is 15.1. The van der Waals surface area contributed by atoms with Crippen molar-refractivity contribution in [2.75, 3.05) is 12.3 Å². The highest BCUT2D eigenvalue weighted by molar-refractivity contribution is 7.99. The monoisotopic (exact) mass is 305 g/mol. The molecule has 0 radical (unpaired) electrons. The Morgan fingerprint density at radius 1 is 1.48 bits per heavy atom. The second-order valence-corrected chi connectivity index (χ2v) is 5.24. The van der Waals surface area contributed by atoms with Crippen LogP contribution in [0.1, 0.15) is 23.0 Å². The summed E-state index contributed by atoms with van der Waals surface area (Å²) in [6.45, 7) is 3.73. The number of aryl methyl sites for hydroxylation is 1. The fourth-order valence-corrected chi connectivity index (χ4v) is 2.72. The van der Waals surface area contributed by atoms with Gasteiger partial charge in [-0.05, 0) is 37.7 Å². The minimum atomic E-state index is -0.456. The standard InChI is InChI=1S/C14H15N3O3S/c1-3-20-13(19)9-5-4-6-10(15)12(9)21-14-16-8(2)7-11(18)17-14/h4-7H,3,15H2,1-2H3,(H,16,17,18). The molecule has 0 amide bonds. The molecule has 6 nitrogen and oxygen atoms in total. The molecule has 1 heterocycles. The third-order valence-electron chi connectivity index (χ3n) is 2.59. The quantitative estimate of drug-likeness (QED) is 0.509. The van der Waals surface area contributed by atoms with E-state index < -0.39 is 5.97 Å². The number of benzene rings is 1. The van der Waals surface area contributed by atoms with Crippen LogP contribution in [0, 0.1) is 6.92 Å². The van der Waals surface area contributed by atoms with Gasteiger partial charge in [0.05, 0.1) is 17.1 Å². The zero-order chi connectivity index (χ0) is 15.4. The first-order valence-electron chi connectivity index (χ1n) is 6.32. The molecule has 0 aliphatic carbocycles. The van der Waals surface area contributed by atoms with Crippen molar-refractivity contribution in [3.05, 3.63) is 45.9 Å². The van der Waals surface area contributed by atoms with Crippen molar-refractivity contribution >= 4 is 23.4 Å². The lowest BCUT2D eigenvalue weighted by Gasteiger charge is -2.10. The van der Waals surface area contributed by atoms with Crippen LogP contribution in [0.2, 0.25) is 0 Å². The number of nitrogens with one attached hydrogen (secondary N) is 1. The van der Waals surface area contributed by atoms with E-state index in [2.05, 4.69) is 9.97 Å². The third kappa shape index (κ3) is 3.63. The number of ether oxygens (including phenoxy) is 1. The van der Waals surface area contributed by atoms with Crippen LogP contribution in [0.4, 0.5) is 5.69 Å². The number of rotatable bonds is 4. The SMILES string of the molecule is CCOC(=O)c1cccc(N)c1Sc1nc(C)cc(=O)[nH]1. The highest BCUT2D eigenvalue weighted by Gasteiger charge is 2.17. The lowest BCUT2D eigenvalue weighted by atomic mass is 10.2. The predicted molar refractivity (Wildman–Crippen MR) is 80.5 cm³/mol. The van der Waals surface area contributed by atoms with Crippen molar-refractivity contribution in [3.63, 3.8) is 0 Å². The molecule has 0 aliphatic heterocycles. The Hall–Kier alpha value is -2.28. The van der Waals surface area contributed by atoms with E-state index in [1.165, 1.54) is 6.07 Å². The van der Waals surface area contributed by atoms with Crippen LogP contribution < -0.4 is 11.3 Å². The average molecular weight is 305 g/mol. The summed E-state index contributed by atoms with van der Waals surface area (Å²) in [6, 6.07) is 6.38. The number of aromatic nitrogens is 2. The first-order valence-corrected chi connectivity index (χ1v) is 7.14. The van der Waals surface area contributed by atoms with Gasteiger partial charge >= 0.3 is 5.97 Å². The molecule has 0 spiro atoms. The van der Waals surface area contributed by atoms with E-state index in [4.69, 9.17) is 10.5 Å². The normalized spacial score (nSPS) is 10.4. The van der Waals surface area contributed by atoms with E-state index in [1.807, 2.05) is 0 Å². The van der Waals surface area contributed by atoms with Crippen LogP contribution in [0.15, 0.2) is 39.1 Å². The maximum Gasteiger partial charge on any atom is 0.339 e. The smallest absolute Gasteiger partial charge is 0.339 e. The minimum absolute atomic E-state index is 0.253. The highest BCUT2D eigenvalue weighted by atomic mass is 32.2. The van der Waals surface area contributed by atoms with E-state index >= 15 is 0 Å². The predicted octanol–water partition coefficient (Wildman–Crippen LogP) is 1.99. The van der Waals surface area contributed by atoms with Gasteiger partial charge in [0.15, 0.2) is 5.16 Å².